The van der Waals surface area contributed by atoms with Crippen LogP contribution in [0.3, 0.4) is 0 Å². The second-order valence-electron chi connectivity index (χ2n) is 4.28. The molecule has 0 N–H and O–H groups in total. The summed E-state index contributed by atoms with van der Waals surface area (Å²) in [7, 11) is 0. The van der Waals surface area contributed by atoms with Crippen molar-refractivity contribution < 1.29 is 0 Å². The molecule has 0 amide bonds. The third-order valence-corrected chi connectivity index (χ3v) is 4.25. The van der Waals surface area contributed by atoms with E-state index >= 15 is 0 Å². The van der Waals surface area contributed by atoms with Gasteiger partial charge in [0, 0.05) is 15.7 Å². The lowest BCUT2D eigenvalue weighted by atomic mass is 10.1. The van der Waals surface area contributed by atoms with Gasteiger partial charge < -0.3 is 0 Å². The molecule has 2 nitrogen and oxygen atoms in total. The summed E-state index contributed by atoms with van der Waals surface area (Å²) in [6, 6.07) is 5.95. The van der Waals surface area contributed by atoms with Crippen molar-refractivity contribution in [3.8, 4) is 11.4 Å². The van der Waals surface area contributed by atoms with E-state index in [1.165, 1.54) is 11.1 Å². The summed E-state index contributed by atoms with van der Waals surface area (Å²) in [4.78, 5) is 8.83. The van der Waals surface area contributed by atoms with E-state index < -0.39 is 0 Å². The summed E-state index contributed by atoms with van der Waals surface area (Å²) in [5.41, 5.74) is 4.31. The van der Waals surface area contributed by atoms with Gasteiger partial charge in [-0.05, 0) is 49.6 Å². The predicted octanol–water partition coefficient (Wildman–Crippen LogP) is 4.74. The van der Waals surface area contributed by atoms with Gasteiger partial charge in [-0.3, -0.25) is 0 Å². The molecule has 0 atom stereocenters. The third kappa shape index (κ3) is 2.73. The monoisotopic (exact) mass is 324 g/mol. The minimum Gasteiger partial charge on any atom is -0.233 e. The van der Waals surface area contributed by atoms with Crippen LogP contribution in [0.1, 0.15) is 23.7 Å². The number of aromatic nitrogens is 2. The number of halogens is 2. The van der Waals surface area contributed by atoms with Crippen LogP contribution >= 0.6 is 27.5 Å². The van der Waals surface area contributed by atoms with E-state index in [9.17, 15) is 0 Å². The number of benzene rings is 1. The molecule has 1 aromatic heterocycles. The molecule has 0 saturated carbocycles. The highest BCUT2D eigenvalue weighted by molar-refractivity contribution is 9.10. The number of hydrogen-bond acceptors (Lipinski definition) is 2. The maximum absolute atomic E-state index is 6.03. The molecular formula is C14H14BrClN2. The maximum atomic E-state index is 6.03. The molecule has 0 spiro atoms. The van der Waals surface area contributed by atoms with Crippen LogP contribution in [0.25, 0.3) is 11.4 Å². The van der Waals surface area contributed by atoms with Crippen molar-refractivity contribution in [3.05, 3.63) is 44.6 Å². The molecule has 0 radical (unpaired) electrons. The second-order valence-corrected chi connectivity index (χ2v) is 5.46. The number of aryl methyl sites for hydroxylation is 3. The van der Waals surface area contributed by atoms with Crippen molar-refractivity contribution in [2.75, 3.05) is 0 Å². The molecular weight excluding hydrogens is 312 g/mol. The number of nitrogens with zero attached hydrogens (tertiary/aromatic N) is 2. The number of hydrogen-bond donors (Lipinski definition) is 0. The van der Waals surface area contributed by atoms with E-state index in [4.69, 9.17) is 11.6 Å². The lowest BCUT2D eigenvalue weighted by Gasteiger charge is -2.08. The summed E-state index contributed by atoms with van der Waals surface area (Å²) in [5, 5.41) is 0.495. The van der Waals surface area contributed by atoms with E-state index in [1.807, 2.05) is 6.07 Å². The standard InChI is InChI=1S/C14H14BrClN2/c1-4-11-7-12(16)18-14(17-11)10-5-8(2)13(15)9(3)6-10/h5-7H,4H2,1-3H3. The highest BCUT2D eigenvalue weighted by Crippen LogP contribution is 2.27. The SMILES string of the molecule is CCc1cc(Cl)nc(-c2cc(C)c(Br)c(C)c2)n1. The van der Waals surface area contributed by atoms with Crippen molar-refractivity contribution in [2.24, 2.45) is 0 Å². The average molecular weight is 326 g/mol. The number of rotatable bonds is 2. The molecule has 1 heterocycles. The second kappa shape index (κ2) is 5.37. The molecule has 0 fully saturated rings. The first-order valence-electron chi connectivity index (χ1n) is 5.82. The van der Waals surface area contributed by atoms with Crippen LogP contribution in [-0.4, -0.2) is 9.97 Å². The average Bonchev–Trinajstić information content (AvgIpc) is 2.34. The summed E-state index contributed by atoms with van der Waals surface area (Å²) >= 11 is 9.59. The predicted molar refractivity (Wildman–Crippen MR) is 79.0 cm³/mol. The van der Waals surface area contributed by atoms with E-state index in [2.05, 4.69) is 58.8 Å². The fourth-order valence-corrected chi connectivity index (χ4v) is 2.28. The molecule has 0 aliphatic rings. The van der Waals surface area contributed by atoms with E-state index in [-0.39, 0.29) is 0 Å². The van der Waals surface area contributed by atoms with Crippen LogP contribution in [0.4, 0.5) is 0 Å². The van der Waals surface area contributed by atoms with Gasteiger partial charge in [-0.25, -0.2) is 9.97 Å². The maximum Gasteiger partial charge on any atom is 0.161 e. The van der Waals surface area contributed by atoms with E-state index in [1.54, 1.807) is 0 Å². The largest absolute Gasteiger partial charge is 0.233 e. The zero-order valence-corrected chi connectivity index (χ0v) is 12.9. The first-order chi connectivity index (χ1) is 8.51. The minimum atomic E-state index is 0.495. The normalized spacial score (nSPS) is 10.7. The van der Waals surface area contributed by atoms with Gasteiger partial charge in [0.2, 0.25) is 0 Å². The van der Waals surface area contributed by atoms with Crippen molar-refractivity contribution in [3.63, 3.8) is 0 Å². The Bertz CT molecular complexity index is 573. The molecule has 94 valence electrons. The third-order valence-electron chi connectivity index (χ3n) is 2.80. The molecule has 18 heavy (non-hydrogen) atoms. The van der Waals surface area contributed by atoms with Crippen LogP contribution in [0.2, 0.25) is 5.15 Å². The molecule has 2 rings (SSSR count). The van der Waals surface area contributed by atoms with Crippen molar-refractivity contribution >= 4 is 27.5 Å². The Labute approximate surface area is 121 Å². The smallest absolute Gasteiger partial charge is 0.161 e. The van der Waals surface area contributed by atoms with Crippen LogP contribution < -0.4 is 0 Å². The summed E-state index contributed by atoms with van der Waals surface area (Å²) in [5.74, 6) is 0.693. The molecule has 0 bridgehead atoms. The van der Waals surface area contributed by atoms with Crippen LogP contribution in [0.5, 0.6) is 0 Å². The molecule has 0 saturated heterocycles. The van der Waals surface area contributed by atoms with Gasteiger partial charge in [-0.15, -0.1) is 0 Å². The molecule has 1 aromatic carbocycles. The molecule has 0 unspecified atom stereocenters. The summed E-state index contributed by atoms with van der Waals surface area (Å²) in [6.07, 6.45) is 0.851. The molecule has 2 aromatic rings. The zero-order chi connectivity index (χ0) is 13.3. The van der Waals surface area contributed by atoms with Gasteiger partial charge in [-0.1, -0.05) is 34.5 Å². The quantitative estimate of drug-likeness (QED) is 0.745. The Morgan fingerprint density at radius 1 is 1.11 bits per heavy atom. The van der Waals surface area contributed by atoms with Gasteiger partial charge >= 0.3 is 0 Å². The highest BCUT2D eigenvalue weighted by atomic mass is 79.9. The Kier molecular flexibility index (Phi) is 4.03. The van der Waals surface area contributed by atoms with E-state index in [0.29, 0.717) is 11.0 Å². The lowest BCUT2D eigenvalue weighted by molar-refractivity contribution is 1.00. The Hall–Kier alpha value is -0.930. The van der Waals surface area contributed by atoms with Gasteiger partial charge in [0.1, 0.15) is 5.15 Å². The van der Waals surface area contributed by atoms with Gasteiger partial charge in [0.25, 0.3) is 0 Å². The summed E-state index contributed by atoms with van der Waals surface area (Å²) in [6.45, 7) is 6.18. The zero-order valence-electron chi connectivity index (χ0n) is 10.6. The van der Waals surface area contributed by atoms with Crippen LogP contribution in [0, 0.1) is 13.8 Å². The van der Waals surface area contributed by atoms with Crippen LogP contribution in [0.15, 0.2) is 22.7 Å². The van der Waals surface area contributed by atoms with E-state index in [0.717, 1.165) is 22.2 Å². The van der Waals surface area contributed by atoms with Crippen LogP contribution in [-0.2, 0) is 6.42 Å². The molecule has 0 aliphatic heterocycles. The fraction of sp³-hybridized carbons (Fsp3) is 0.286. The topological polar surface area (TPSA) is 25.8 Å². The first kappa shape index (κ1) is 13.5. The highest BCUT2D eigenvalue weighted by Gasteiger charge is 2.08. The molecule has 0 aliphatic carbocycles. The van der Waals surface area contributed by atoms with Crippen molar-refractivity contribution in [1.82, 2.24) is 9.97 Å². The van der Waals surface area contributed by atoms with Gasteiger partial charge in [-0.2, -0.15) is 0 Å². The lowest BCUT2D eigenvalue weighted by Crippen LogP contribution is -1.96. The van der Waals surface area contributed by atoms with Crippen molar-refractivity contribution in [1.29, 1.82) is 0 Å². The summed E-state index contributed by atoms with van der Waals surface area (Å²) < 4.78 is 1.13. The minimum absolute atomic E-state index is 0.495. The molecule has 4 heteroatoms. The Morgan fingerprint density at radius 2 is 1.72 bits per heavy atom. The Morgan fingerprint density at radius 3 is 2.28 bits per heavy atom. The fourth-order valence-electron chi connectivity index (χ4n) is 1.85. The Balaban J connectivity index is 2.58. The van der Waals surface area contributed by atoms with Gasteiger partial charge in [0.05, 0.1) is 0 Å². The first-order valence-corrected chi connectivity index (χ1v) is 6.99. The van der Waals surface area contributed by atoms with Gasteiger partial charge in [0.15, 0.2) is 5.82 Å². The van der Waals surface area contributed by atoms with Crippen molar-refractivity contribution in [2.45, 2.75) is 27.2 Å².